The topological polar surface area (TPSA) is 42.0 Å². The highest BCUT2D eigenvalue weighted by Crippen LogP contribution is 2.33. The van der Waals surface area contributed by atoms with Crippen LogP contribution in [0.2, 0.25) is 0 Å². The van der Waals surface area contributed by atoms with Gasteiger partial charge in [0.25, 0.3) is 5.91 Å². The molecule has 1 amide bonds. The minimum atomic E-state index is -1.02. The zero-order valence-corrected chi connectivity index (χ0v) is 14.7. The zero-order valence-electron chi connectivity index (χ0n) is 14.7. The van der Waals surface area contributed by atoms with Crippen molar-refractivity contribution in [2.75, 3.05) is 45.3 Å². The molecular weight excluding hydrogens is 342 g/mol. The lowest BCUT2D eigenvalue weighted by atomic mass is 10.1. The van der Waals surface area contributed by atoms with E-state index >= 15 is 0 Å². The fourth-order valence-electron chi connectivity index (χ4n) is 3.01. The summed E-state index contributed by atoms with van der Waals surface area (Å²) in [4.78, 5) is 16.2. The van der Waals surface area contributed by atoms with Gasteiger partial charge in [0.2, 0.25) is 0 Å². The predicted octanol–water partition coefficient (Wildman–Crippen LogP) is 2.94. The normalized spacial score (nSPS) is 14.3. The molecule has 1 aliphatic heterocycles. The molecule has 138 valence electrons. The molecule has 3 rings (SSSR count). The third kappa shape index (κ3) is 3.56. The van der Waals surface area contributed by atoms with Crippen molar-refractivity contribution in [3.05, 3.63) is 53.6 Å². The van der Waals surface area contributed by atoms with Crippen LogP contribution in [0.3, 0.4) is 0 Å². The molecule has 2 aromatic carbocycles. The van der Waals surface area contributed by atoms with Crippen LogP contribution in [0.1, 0.15) is 10.4 Å². The van der Waals surface area contributed by atoms with Crippen molar-refractivity contribution in [2.24, 2.45) is 0 Å². The number of benzene rings is 2. The summed E-state index contributed by atoms with van der Waals surface area (Å²) in [5.74, 6) is -0.833. The van der Waals surface area contributed by atoms with E-state index in [1.54, 1.807) is 19.1 Å². The van der Waals surface area contributed by atoms with Crippen LogP contribution >= 0.6 is 0 Å². The van der Waals surface area contributed by atoms with Crippen molar-refractivity contribution in [3.8, 4) is 11.5 Å². The van der Waals surface area contributed by atoms with E-state index < -0.39 is 11.6 Å². The molecule has 1 aliphatic rings. The summed E-state index contributed by atoms with van der Waals surface area (Å²) in [5, 5.41) is 0. The molecule has 0 unspecified atom stereocenters. The maximum absolute atomic E-state index is 13.4. The second-order valence-corrected chi connectivity index (χ2v) is 5.95. The number of hydrogen-bond donors (Lipinski definition) is 0. The van der Waals surface area contributed by atoms with Gasteiger partial charge in [-0.25, -0.2) is 8.78 Å². The Morgan fingerprint density at radius 3 is 2.27 bits per heavy atom. The summed E-state index contributed by atoms with van der Waals surface area (Å²) in [5.41, 5.74) is 1.04. The van der Waals surface area contributed by atoms with Crippen molar-refractivity contribution >= 4 is 11.6 Å². The van der Waals surface area contributed by atoms with Gasteiger partial charge in [-0.15, -0.1) is 0 Å². The van der Waals surface area contributed by atoms with Crippen LogP contribution in [-0.2, 0) is 0 Å². The standard InChI is InChI=1S/C19H20F2N2O3/c1-25-14-4-6-18(26-2)17(12-14)22-7-9-23(10-8-22)19(24)13-3-5-15(20)16(21)11-13/h3-6,11-12H,7-10H2,1-2H3. The quantitative estimate of drug-likeness (QED) is 0.839. The SMILES string of the molecule is COc1ccc(OC)c(N2CCN(C(=O)c3ccc(F)c(F)c3)CC2)c1. The van der Waals surface area contributed by atoms with Crippen LogP contribution in [0.15, 0.2) is 36.4 Å². The Morgan fingerprint density at radius 2 is 1.65 bits per heavy atom. The molecule has 0 spiro atoms. The molecule has 2 aromatic rings. The Hall–Kier alpha value is -2.83. The van der Waals surface area contributed by atoms with E-state index in [1.165, 1.54) is 6.07 Å². The highest BCUT2D eigenvalue weighted by molar-refractivity contribution is 5.94. The molecule has 1 saturated heterocycles. The zero-order chi connectivity index (χ0) is 18.7. The van der Waals surface area contributed by atoms with Gasteiger partial charge in [0.05, 0.1) is 19.9 Å². The van der Waals surface area contributed by atoms with Crippen molar-refractivity contribution < 1.29 is 23.0 Å². The number of amides is 1. The summed E-state index contributed by atoms with van der Waals surface area (Å²) >= 11 is 0. The minimum absolute atomic E-state index is 0.149. The number of anilines is 1. The lowest BCUT2D eigenvalue weighted by Crippen LogP contribution is -2.48. The Morgan fingerprint density at radius 1 is 0.923 bits per heavy atom. The van der Waals surface area contributed by atoms with Gasteiger partial charge in [-0.05, 0) is 30.3 Å². The van der Waals surface area contributed by atoms with Gasteiger partial charge in [0.15, 0.2) is 11.6 Å². The summed E-state index contributed by atoms with van der Waals surface area (Å²) in [6.07, 6.45) is 0. The fourth-order valence-corrected chi connectivity index (χ4v) is 3.01. The first kappa shape index (κ1) is 18.0. The Labute approximate surface area is 150 Å². The van der Waals surface area contributed by atoms with Crippen molar-refractivity contribution in [2.45, 2.75) is 0 Å². The van der Waals surface area contributed by atoms with Crippen LogP contribution < -0.4 is 14.4 Å². The fraction of sp³-hybridized carbons (Fsp3) is 0.316. The molecule has 0 bridgehead atoms. The first-order valence-electron chi connectivity index (χ1n) is 8.25. The maximum Gasteiger partial charge on any atom is 0.254 e. The van der Waals surface area contributed by atoms with Gasteiger partial charge in [-0.2, -0.15) is 0 Å². The lowest BCUT2D eigenvalue weighted by molar-refractivity contribution is 0.0746. The lowest BCUT2D eigenvalue weighted by Gasteiger charge is -2.36. The number of nitrogens with zero attached hydrogens (tertiary/aromatic N) is 2. The smallest absolute Gasteiger partial charge is 0.254 e. The molecule has 1 fully saturated rings. The highest BCUT2D eigenvalue weighted by atomic mass is 19.2. The summed E-state index contributed by atoms with van der Waals surface area (Å²) < 4.78 is 37.1. The molecule has 0 atom stereocenters. The minimum Gasteiger partial charge on any atom is -0.497 e. The Bertz CT molecular complexity index is 805. The third-order valence-electron chi connectivity index (χ3n) is 4.46. The average Bonchev–Trinajstić information content (AvgIpc) is 2.69. The molecule has 0 N–H and O–H groups in total. The molecule has 0 aromatic heterocycles. The first-order chi connectivity index (χ1) is 12.5. The summed E-state index contributed by atoms with van der Waals surface area (Å²) in [6.45, 7) is 2.13. The van der Waals surface area contributed by atoms with Crippen LogP contribution in [0.4, 0.5) is 14.5 Å². The molecule has 7 heteroatoms. The molecule has 1 heterocycles. The predicted molar refractivity (Wildman–Crippen MR) is 94.0 cm³/mol. The van der Waals surface area contributed by atoms with E-state index in [4.69, 9.17) is 9.47 Å². The van der Waals surface area contributed by atoms with Crippen LogP contribution in [0.25, 0.3) is 0 Å². The van der Waals surface area contributed by atoms with E-state index in [-0.39, 0.29) is 11.5 Å². The van der Waals surface area contributed by atoms with E-state index in [0.29, 0.717) is 26.2 Å². The van der Waals surface area contributed by atoms with Gasteiger partial charge < -0.3 is 19.3 Å². The summed E-state index contributed by atoms with van der Waals surface area (Å²) in [7, 11) is 3.21. The highest BCUT2D eigenvalue weighted by Gasteiger charge is 2.24. The van der Waals surface area contributed by atoms with Gasteiger partial charge in [-0.3, -0.25) is 4.79 Å². The number of rotatable bonds is 4. The van der Waals surface area contributed by atoms with Gasteiger partial charge >= 0.3 is 0 Å². The summed E-state index contributed by atoms with van der Waals surface area (Å²) in [6, 6.07) is 8.77. The molecular formula is C19H20F2N2O3. The number of methoxy groups -OCH3 is 2. The third-order valence-corrected chi connectivity index (χ3v) is 4.46. The second-order valence-electron chi connectivity index (χ2n) is 5.95. The van der Waals surface area contributed by atoms with E-state index in [9.17, 15) is 13.6 Å². The molecule has 0 aliphatic carbocycles. The number of halogens is 2. The Balaban J connectivity index is 1.71. The average molecular weight is 362 g/mol. The van der Waals surface area contributed by atoms with Crippen molar-refractivity contribution in [1.29, 1.82) is 0 Å². The largest absolute Gasteiger partial charge is 0.497 e. The van der Waals surface area contributed by atoms with Crippen molar-refractivity contribution in [3.63, 3.8) is 0 Å². The number of hydrogen-bond acceptors (Lipinski definition) is 4. The molecule has 0 saturated carbocycles. The Kier molecular flexibility index (Phi) is 5.25. The van der Waals surface area contributed by atoms with Gasteiger partial charge in [0.1, 0.15) is 11.5 Å². The van der Waals surface area contributed by atoms with E-state index in [1.807, 2.05) is 18.2 Å². The maximum atomic E-state index is 13.4. The molecule has 0 radical (unpaired) electrons. The number of carbonyl (C=O) groups excluding carboxylic acids is 1. The monoisotopic (exact) mass is 362 g/mol. The van der Waals surface area contributed by atoms with Gasteiger partial charge in [0, 0.05) is 37.8 Å². The molecule has 26 heavy (non-hydrogen) atoms. The van der Waals surface area contributed by atoms with Gasteiger partial charge in [-0.1, -0.05) is 0 Å². The number of piperazine rings is 1. The number of carbonyl (C=O) groups is 1. The second kappa shape index (κ2) is 7.59. The van der Waals surface area contributed by atoms with Crippen LogP contribution in [0, 0.1) is 11.6 Å². The van der Waals surface area contributed by atoms with Crippen LogP contribution in [-0.4, -0.2) is 51.2 Å². The first-order valence-corrected chi connectivity index (χ1v) is 8.25. The van der Waals surface area contributed by atoms with Crippen LogP contribution in [0.5, 0.6) is 11.5 Å². The number of ether oxygens (including phenoxy) is 2. The van der Waals surface area contributed by atoms with Crippen molar-refractivity contribution in [1.82, 2.24) is 4.90 Å². The molecule has 5 nitrogen and oxygen atoms in total. The van der Waals surface area contributed by atoms with E-state index in [0.717, 1.165) is 29.3 Å². The van der Waals surface area contributed by atoms with E-state index in [2.05, 4.69) is 4.90 Å².